The normalized spacial score (nSPS) is 20.7. The van der Waals surface area contributed by atoms with Crippen LogP contribution >= 0.6 is 0 Å². The molecular formula is C15H24N2O3S. The number of aryl methyl sites for hydroxylation is 1. The molecule has 118 valence electrons. The molecule has 6 heteroatoms. The molecule has 0 aromatic heterocycles. The smallest absolute Gasteiger partial charge is 0.243 e. The van der Waals surface area contributed by atoms with Crippen LogP contribution in [0.4, 0.5) is 5.69 Å². The van der Waals surface area contributed by atoms with Crippen molar-refractivity contribution in [2.75, 3.05) is 25.4 Å². The third-order valence-corrected chi connectivity index (χ3v) is 6.56. The Hall–Kier alpha value is -1.11. The lowest BCUT2D eigenvalue weighted by Gasteiger charge is -2.32. The molecule has 1 atom stereocenters. The van der Waals surface area contributed by atoms with E-state index in [2.05, 4.69) is 0 Å². The first-order chi connectivity index (χ1) is 9.78. The summed E-state index contributed by atoms with van der Waals surface area (Å²) in [4.78, 5) is 0.332. The minimum Gasteiger partial charge on any atom is -0.398 e. The van der Waals surface area contributed by atoms with E-state index in [0.717, 1.165) is 24.0 Å². The highest BCUT2D eigenvalue weighted by molar-refractivity contribution is 7.89. The van der Waals surface area contributed by atoms with Gasteiger partial charge in [-0.15, -0.1) is 0 Å². The second-order valence-electron chi connectivity index (χ2n) is 5.92. The summed E-state index contributed by atoms with van der Waals surface area (Å²) in [6.45, 7) is 6.36. The molecule has 0 spiro atoms. The van der Waals surface area contributed by atoms with Crippen LogP contribution in [0.2, 0.25) is 0 Å². The number of hydrogen-bond donors (Lipinski definition) is 2. The summed E-state index contributed by atoms with van der Waals surface area (Å²) in [6, 6.07) is 1.82. The molecule has 1 fully saturated rings. The van der Waals surface area contributed by atoms with Crippen LogP contribution in [0.3, 0.4) is 0 Å². The first-order valence-electron chi connectivity index (χ1n) is 7.26. The van der Waals surface area contributed by atoms with Gasteiger partial charge in [0.25, 0.3) is 0 Å². The van der Waals surface area contributed by atoms with Crippen molar-refractivity contribution in [2.24, 2.45) is 5.92 Å². The van der Waals surface area contributed by atoms with E-state index in [9.17, 15) is 13.5 Å². The van der Waals surface area contributed by atoms with Crippen molar-refractivity contribution in [3.63, 3.8) is 0 Å². The van der Waals surface area contributed by atoms with E-state index >= 15 is 0 Å². The van der Waals surface area contributed by atoms with Gasteiger partial charge in [0.1, 0.15) is 0 Å². The second kappa shape index (κ2) is 5.94. The molecule has 5 nitrogen and oxygen atoms in total. The average molecular weight is 312 g/mol. The highest BCUT2D eigenvalue weighted by Crippen LogP contribution is 2.32. The van der Waals surface area contributed by atoms with Gasteiger partial charge in [0.15, 0.2) is 0 Å². The Morgan fingerprint density at radius 1 is 1.33 bits per heavy atom. The molecule has 3 N–H and O–H groups in total. The zero-order valence-electron chi connectivity index (χ0n) is 12.9. The summed E-state index contributed by atoms with van der Waals surface area (Å²) in [5.74, 6) is 0.0243. The van der Waals surface area contributed by atoms with Crippen molar-refractivity contribution in [2.45, 2.75) is 38.5 Å². The Bertz CT molecular complexity index is 615. The van der Waals surface area contributed by atoms with Crippen molar-refractivity contribution < 1.29 is 13.5 Å². The van der Waals surface area contributed by atoms with Crippen LogP contribution in [0.1, 0.15) is 29.5 Å². The van der Waals surface area contributed by atoms with Gasteiger partial charge >= 0.3 is 0 Å². The summed E-state index contributed by atoms with van der Waals surface area (Å²) in [6.07, 6.45) is 1.65. The molecule has 2 rings (SSSR count). The molecule has 0 bridgehead atoms. The van der Waals surface area contributed by atoms with Gasteiger partial charge in [-0.05, 0) is 62.3 Å². The number of nitrogens with zero attached hydrogens (tertiary/aromatic N) is 1. The van der Waals surface area contributed by atoms with E-state index in [1.165, 1.54) is 4.31 Å². The van der Waals surface area contributed by atoms with Crippen molar-refractivity contribution in [3.05, 3.63) is 22.8 Å². The lowest BCUT2D eigenvalue weighted by molar-refractivity contribution is 0.165. The number of nitrogens with two attached hydrogens (primary N) is 1. The number of nitrogen functional groups attached to an aromatic ring is 1. The van der Waals surface area contributed by atoms with Gasteiger partial charge in [-0.2, -0.15) is 4.31 Å². The number of aliphatic hydroxyl groups is 1. The van der Waals surface area contributed by atoms with Crippen molar-refractivity contribution in [1.29, 1.82) is 0 Å². The Balaban J connectivity index is 2.50. The van der Waals surface area contributed by atoms with Crippen molar-refractivity contribution in [1.82, 2.24) is 4.31 Å². The summed E-state index contributed by atoms with van der Waals surface area (Å²) in [5, 5.41) is 9.30. The van der Waals surface area contributed by atoms with Gasteiger partial charge in [0.2, 0.25) is 10.0 Å². The molecule has 1 aromatic carbocycles. The third-order valence-electron chi connectivity index (χ3n) is 4.42. The lowest BCUT2D eigenvalue weighted by Crippen LogP contribution is -2.41. The van der Waals surface area contributed by atoms with Crippen LogP contribution < -0.4 is 5.73 Å². The van der Waals surface area contributed by atoms with Crippen LogP contribution in [-0.4, -0.2) is 37.5 Å². The number of piperidine rings is 1. The van der Waals surface area contributed by atoms with Gasteiger partial charge in [-0.25, -0.2) is 8.42 Å². The topological polar surface area (TPSA) is 83.6 Å². The van der Waals surface area contributed by atoms with Gasteiger partial charge in [-0.1, -0.05) is 0 Å². The molecule has 1 aliphatic rings. The number of rotatable bonds is 3. The van der Waals surface area contributed by atoms with Crippen molar-refractivity contribution >= 4 is 15.7 Å². The zero-order valence-corrected chi connectivity index (χ0v) is 13.7. The molecule has 1 saturated heterocycles. The highest BCUT2D eigenvalue weighted by Gasteiger charge is 2.32. The van der Waals surface area contributed by atoms with Gasteiger partial charge in [0, 0.05) is 25.4 Å². The molecule has 0 saturated carbocycles. The van der Waals surface area contributed by atoms with Crippen LogP contribution in [-0.2, 0) is 10.0 Å². The largest absolute Gasteiger partial charge is 0.398 e. The van der Waals surface area contributed by atoms with Crippen LogP contribution in [0, 0.1) is 26.7 Å². The molecule has 21 heavy (non-hydrogen) atoms. The maximum Gasteiger partial charge on any atom is 0.243 e. The first kappa shape index (κ1) is 16.3. The molecule has 0 amide bonds. The third kappa shape index (κ3) is 2.93. The Kier molecular flexibility index (Phi) is 4.60. The predicted octanol–water partition coefficient (Wildman–Crippen LogP) is 1.59. The molecule has 1 unspecified atom stereocenters. The lowest BCUT2D eigenvalue weighted by atomic mass is 10.0. The standard InChI is InChI=1S/C15H24N2O3S/c1-10-7-14(16)12(3)15(11(10)2)21(19,20)17-6-4-5-13(8-17)9-18/h7,13,18H,4-6,8-9,16H2,1-3H3. The maximum absolute atomic E-state index is 13.0. The fraction of sp³-hybridized carbons (Fsp3) is 0.600. The van der Waals surface area contributed by atoms with Gasteiger partial charge in [-0.3, -0.25) is 0 Å². The monoisotopic (exact) mass is 312 g/mol. The Labute approximate surface area is 126 Å². The summed E-state index contributed by atoms with van der Waals surface area (Å²) >= 11 is 0. The summed E-state index contributed by atoms with van der Waals surface area (Å²) in [7, 11) is -3.57. The van der Waals surface area contributed by atoms with Gasteiger partial charge in [0.05, 0.1) is 4.90 Å². The van der Waals surface area contributed by atoms with E-state index in [1.807, 2.05) is 19.9 Å². The summed E-state index contributed by atoms with van der Waals surface area (Å²) in [5.41, 5.74) is 8.71. The molecule has 0 aliphatic carbocycles. The minimum atomic E-state index is -3.57. The van der Waals surface area contributed by atoms with E-state index in [4.69, 9.17) is 5.73 Å². The fourth-order valence-electron chi connectivity index (χ4n) is 2.95. The number of benzene rings is 1. The maximum atomic E-state index is 13.0. The average Bonchev–Trinajstić information content (AvgIpc) is 2.45. The van der Waals surface area contributed by atoms with Crippen LogP contribution in [0.15, 0.2) is 11.0 Å². The van der Waals surface area contributed by atoms with E-state index < -0.39 is 10.0 Å². The fourth-order valence-corrected chi connectivity index (χ4v) is 5.04. The number of hydrogen-bond acceptors (Lipinski definition) is 4. The molecule has 1 aliphatic heterocycles. The van der Waals surface area contributed by atoms with Crippen molar-refractivity contribution in [3.8, 4) is 0 Å². The van der Waals surface area contributed by atoms with Crippen LogP contribution in [0.25, 0.3) is 0 Å². The first-order valence-corrected chi connectivity index (χ1v) is 8.70. The van der Waals surface area contributed by atoms with Gasteiger partial charge < -0.3 is 10.8 Å². The van der Waals surface area contributed by atoms with E-state index in [1.54, 1.807) is 6.92 Å². The zero-order chi connectivity index (χ0) is 15.8. The van der Waals surface area contributed by atoms with Crippen LogP contribution in [0.5, 0.6) is 0 Å². The Morgan fingerprint density at radius 3 is 2.62 bits per heavy atom. The minimum absolute atomic E-state index is 0.0243. The summed E-state index contributed by atoms with van der Waals surface area (Å²) < 4.78 is 27.5. The SMILES string of the molecule is Cc1cc(N)c(C)c(S(=O)(=O)N2CCCC(CO)C2)c1C. The number of aliphatic hydroxyl groups excluding tert-OH is 1. The second-order valence-corrected chi connectivity index (χ2v) is 7.79. The highest BCUT2D eigenvalue weighted by atomic mass is 32.2. The quantitative estimate of drug-likeness (QED) is 0.830. The van der Waals surface area contributed by atoms with E-state index in [-0.39, 0.29) is 12.5 Å². The number of sulfonamides is 1. The molecule has 1 aromatic rings. The molecule has 1 heterocycles. The molecule has 0 radical (unpaired) electrons. The van der Waals surface area contributed by atoms with E-state index in [0.29, 0.717) is 29.2 Å². The predicted molar refractivity (Wildman–Crippen MR) is 83.6 cm³/mol. The molecular weight excluding hydrogens is 288 g/mol. The Morgan fingerprint density at radius 2 is 2.00 bits per heavy atom. The number of anilines is 1.